The minimum atomic E-state index is -0.375. The summed E-state index contributed by atoms with van der Waals surface area (Å²) in [7, 11) is 1.33. The van der Waals surface area contributed by atoms with Gasteiger partial charge in [0.1, 0.15) is 0 Å². The number of nitrogens with two attached hydrogens (primary N) is 1. The highest BCUT2D eigenvalue weighted by Crippen LogP contribution is 2.19. The number of amides is 1. The molecule has 2 aromatic rings. The molecule has 0 aliphatic heterocycles. The molecular weight excluding hydrogens is 322 g/mol. The summed E-state index contributed by atoms with van der Waals surface area (Å²) in [6.07, 6.45) is 3.20. The van der Waals surface area contributed by atoms with Crippen LogP contribution in [0.5, 0.6) is 0 Å². The molecule has 0 aliphatic rings. The molecule has 2 rings (SSSR count). The monoisotopic (exact) mass is 345 g/mol. The molecule has 1 heterocycles. The summed E-state index contributed by atoms with van der Waals surface area (Å²) < 4.78 is 4.70. The van der Waals surface area contributed by atoms with Gasteiger partial charge in [0, 0.05) is 19.1 Å². The van der Waals surface area contributed by atoms with Gasteiger partial charge in [-0.25, -0.2) is 0 Å². The number of hydrogen-bond acceptors (Lipinski definition) is 6. The molecule has 2 N–H and O–H groups in total. The van der Waals surface area contributed by atoms with Crippen molar-refractivity contribution in [3.8, 4) is 5.69 Å². The second-order valence-electron chi connectivity index (χ2n) is 5.76. The Morgan fingerprint density at radius 1 is 1.32 bits per heavy atom. The van der Waals surface area contributed by atoms with Gasteiger partial charge in [0.05, 0.1) is 37.2 Å². The number of carbonyl (C=O) groups is 2. The Kier molecular flexibility index (Phi) is 6.24. The van der Waals surface area contributed by atoms with Gasteiger partial charge in [-0.1, -0.05) is 11.6 Å². The third-order valence-electron chi connectivity index (χ3n) is 3.87. The number of ether oxygens (including phenoxy) is 1. The normalized spacial score (nSPS) is 11.8. The third kappa shape index (κ3) is 4.42. The van der Waals surface area contributed by atoms with E-state index < -0.39 is 0 Å². The summed E-state index contributed by atoms with van der Waals surface area (Å²) >= 11 is 0. The Morgan fingerprint density at radius 2 is 2.00 bits per heavy atom. The Bertz CT molecular complexity index is 730. The van der Waals surface area contributed by atoms with Gasteiger partial charge in [-0.05, 0) is 26.0 Å². The number of aromatic nitrogens is 3. The quantitative estimate of drug-likeness (QED) is 0.749. The fourth-order valence-corrected chi connectivity index (χ4v) is 2.59. The van der Waals surface area contributed by atoms with E-state index in [2.05, 4.69) is 10.2 Å². The summed E-state index contributed by atoms with van der Waals surface area (Å²) in [4.78, 5) is 27.7. The van der Waals surface area contributed by atoms with Crippen LogP contribution in [-0.2, 0) is 9.53 Å². The second kappa shape index (κ2) is 8.39. The number of hydrogen-bond donors (Lipinski definition) is 1. The van der Waals surface area contributed by atoms with Gasteiger partial charge in [0.15, 0.2) is 0 Å². The molecule has 8 heteroatoms. The topological polar surface area (TPSA) is 103 Å². The van der Waals surface area contributed by atoms with Crippen molar-refractivity contribution in [1.82, 2.24) is 19.9 Å². The maximum absolute atomic E-state index is 13.2. The predicted molar refractivity (Wildman–Crippen MR) is 92.3 cm³/mol. The highest BCUT2D eigenvalue weighted by Gasteiger charge is 2.26. The summed E-state index contributed by atoms with van der Waals surface area (Å²) in [5.41, 5.74) is 7.64. The molecular formula is C17H23N5O3. The summed E-state index contributed by atoms with van der Waals surface area (Å²) in [5.74, 6) is -0.599. The Hall–Kier alpha value is -2.74. The lowest BCUT2D eigenvalue weighted by Gasteiger charge is -2.29. The van der Waals surface area contributed by atoms with Gasteiger partial charge in [0.2, 0.25) is 0 Å². The average Bonchev–Trinajstić information content (AvgIpc) is 3.13. The minimum absolute atomic E-state index is 0.101. The van der Waals surface area contributed by atoms with E-state index in [-0.39, 0.29) is 24.3 Å². The van der Waals surface area contributed by atoms with Crippen molar-refractivity contribution >= 4 is 11.9 Å². The number of rotatable bonds is 7. The zero-order chi connectivity index (χ0) is 18.4. The summed E-state index contributed by atoms with van der Waals surface area (Å²) in [5, 5.41) is 8.21. The van der Waals surface area contributed by atoms with Crippen LogP contribution in [0.4, 0.5) is 0 Å². The van der Waals surface area contributed by atoms with Crippen LogP contribution in [0.25, 0.3) is 5.69 Å². The van der Waals surface area contributed by atoms with E-state index in [1.54, 1.807) is 36.4 Å². The number of aryl methyl sites for hydroxylation is 1. The molecule has 0 bridgehead atoms. The van der Waals surface area contributed by atoms with E-state index >= 15 is 0 Å². The fraction of sp³-hybridized carbons (Fsp3) is 0.412. The maximum Gasteiger partial charge on any atom is 0.307 e. The van der Waals surface area contributed by atoms with Crippen molar-refractivity contribution in [2.24, 2.45) is 5.73 Å². The zero-order valence-electron chi connectivity index (χ0n) is 14.7. The van der Waals surface area contributed by atoms with E-state index in [0.717, 1.165) is 5.56 Å². The van der Waals surface area contributed by atoms with E-state index in [9.17, 15) is 9.59 Å². The molecule has 0 radical (unpaired) electrons. The molecule has 1 amide bonds. The van der Waals surface area contributed by atoms with E-state index in [1.807, 2.05) is 13.0 Å². The maximum atomic E-state index is 13.2. The lowest BCUT2D eigenvalue weighted by molar-refractivity contribution is -0.141. The Morgan fingerprint density at radius 3 is 2.60 bits per heavy atom. The molecule has 8 nitrogen and oxygen atoms in total. The molecule has 1 atom stereocenters. The van der Waals surface area contributed by atoms with Gasteiger partial charge in [0.25, 0.3) is 5.91 Å². The second-order valence-corrected chi connectivity index (χ2v) is 5.76. The van der Waals surface area contributed by atoms with Gasteiger partial charge in [-0.3, -0.25) is 9.59 Å². The van der Waals surface area contributed by atoms with E-state index in [0.29, 0.717) is 24.3 Å². The van der Waals surface area contributed by atoms with Crippen LogP contribution in [0.1, 0.15) is 29.3 Å². The summed E-state index contributed by atoms with van der Waals surface area (Å²) in [6.45, 7) is 4.32. The van der Waals surface area contributed by atoms with Gasteiger partial charge in [-0.15, -0.1) is 0 Å². The van der Waals surface area contributed by atoms with Crippen molar-refractivity contribution < 1.29 is 14.3 Å². The number of methoxy groups -OCH3 is 1. The molecule has 0 aliphatic carbocycles. The number of carbonyl (C=O) groups excluding carboxylic acids is 2. The van der Waals surface area contributed by atoms with Crippen molar-refractivity contribution in [2.45, 2.75) is 26.3 Å². The smallest absolute Gasteiger partial charge is 0.307 e. The third-order valence-corrected chi connectivity index (χ3v) is 3.87. The largest absolute Gasteiger partial charge is 0.469 e. The lowest BCUT2D eigenvalue weighted by atomic mass is 10.1. The first-order valence-electron chi connectivity index (χ1n) is 8.03. The predicted octanol–water partition coefficient (Wildman–Crippen LogP) is 0.928. The SMILES string of the molecule is COC(=O)CC(C)N(CCN)C(=O)c1cc(C)ccc1-n1nccn1. The van der Waals surface area contributed by atoms with Gasteiger partial charge in [-0.2, -0.15) is 15.0 Å². The van der Waals surface area contributed by atoms with Crippen LogP contribution < -0.4 is 5.73 Å². The van der Waals surface area contributed by atoms with Crippen LogP contribution in [0.2, 0.25) is 0 Å². The highest BCUT2D eigenvalue weighted by molar-refractivity contribution is 5.98. The minimum Gasteiger partial charge on any atom is -0.469 e. The van der Waals surface area contributed by atoms with Crippen LogP contribution >= 0.6 is 0 Å². The first-order chi connectivity index (χ1) is 12.0. The van der Waals surface area contributed by atoms with Crippen molar-refractivity contribution in [2.75, 3.05) is 20.2 Å². The number of benzene rings is 1. The Labute approximate surface area is 146 Å². The van der Waals surface area contributed by atoms with Crippen LogP contribution in [0.15, 0.2) is 30.6 Å². The van der Waals surface area contributed by atoms with Crippen LogP contribution in [0.3, 0.4) is 0 Å². The number of nitrogens with zero attached hydrogens (tertiary/aromatic N) is 4. The van der Waals surface area contributed by atoms with Gasteiger partial charge >= 0.3 is 5.97 Å². The fourth-order valence-electron chi connectivity index (χ4n) is 2.59. The molecule has 134 valence electrons. The van der Waals surface area contributed by atoms with Crippen LogP contribution in [-0.4, -0.2) is 58.0 Å². The molecule has 0 fully saturated rings. The molecule has 0 saturated carbocycles. The standard InChI is InChI=1S/C17H23N5O3/c1-12-4-5-15(22-19-7-8-20-22)14(10-12)17(24)21(9-6-18)13(2)11-16(23)25-3/h4-5,7-8,10,13H,6,9,11,18H2,1-3H3. The number of esters is 1. The van der Waals surface area contributed by atoms with Crippen molar-refractivity contribution in [3.63, 3.8) is 0 Å². The molecule has 1 unspecified atom stereocenters. The lowest BCUT2D eigenvalue weighted by Crippen LogP contribution is -2.43. The molecule has 0 saturated heterocycles. The average molecular weight is 345 g/mol. The highest BCUT2D eigenvalue weighted by atomic mass is 16.5. The molecule has 25 heavy (non-hydrogen) atoms. The molecule has 1 aromatic heterocycles. The van der Waals surface area contributed by atoms with E-state index in [4.69, 9.17) is 10.5 Å². The Balaban J connectivity index is 2.38. The van der Waals surface area contributed by atoms with Crippen molar-refractivity contribution in [1.29, 1.82) is 0 Å². The zero-order valence-corrected chi connectivity index (χ0v) is 14.7. The van der Waals surface area contributed by atoms with Gasteiger partial charge < -0.3 is 15.4 Å². The molecule has 1 aromatic carbocycles. The van der Waals surface area contributed by atoms with Crippen molar-refractivity contribution in [3.05, 3.63) is 41.7 Å². The first kappa shape index (κ1) is 18.6. The summed E-state index contributed by atoms with van der Waals surface area (Å²) in [6, 6.07) is 5.13. The van der Waals surface area contributed by atoms with Crippen LogP contribution in [0, 0.1) is 6.92 Å². The first-order valence-corrected chi connectivity index (χ1v) is 8.03. The van der Waals surface area contributed by atoms with E-state index in [1.165, 1.54) is 11.9 Å². The molecule has 0 spiro atoms.